The Bertz CT molecular complexity index is 662. The van der Waals surface area contributed by atoms with Crippen LogP contribution >= 0.6 is 27.5 Å². The van der Waals surface area contributed by atoms with Crippen LogP contribution in [-0.2, 0) is 0 Å². The van der Waals surface area contributed by atoms with Crippen molar-refractivity contribution in [2.45, 2.75) is 0 Å². The van der Waals surface area contributed by atoms with Crippen molar-refractivity contribution in [1.29, 1.82) is 0 Å². The zero-order valence-corrected chi connectivity index (χ0v) is 13.0. The van der Waals surface area contributed by atoms with Crippen LogP contribution in [0.5, 0.6) is 5.75 Å². The van der Waals surface area contributed by atoms with Crippen LogP contribution in [0.2, 0.25) is 5.02 Å². The molecule has 0 radical (unpaired) electrons. The number of carbonyl (C=O) groups is 1. The number of nitrogen functional groups attached to an aromatic ring is 1. The summed E-state index contributed by atoms with van der Waals surface area (Å²) in [6.07, 6.45) is 0. The van der Waals surface area contributed by atoms with Gasteiger partial charge in [-0.15, -0.1) is 0 Å². The van der Waals surface area contributed by atoms with Crippen molar-refractivity contribution in [2.75, 3.05) is 18.2 Å². The summed E-state index contributed by atoms with van der Waals surface area (Å²) in [5.74, 6) is 0.254. The number of carbonyl (C=O) groups excluding carboxylic acids is 1. The Balaban J connectivity index is 2.23. The van der Waals surface area contributed by atoms with E-state index in [-0.39, 0.29) is 5.91 Å². The summed E-state index contributed by atoms with van der Waals surface area (Å²) in [7, 11) is 1.53. The van der Waals surface area contributed by atoms with E-state index in [1.54, 1.807) is 36.4 Å². The third-order valence-corrected chi connectivity index (χ3v) is 3.48. The number of nitrogens with one attached hydrogen (secondary N) is 1. The predicted octanol–water partition coefficient (Wildman–Crippen LogP) is 3.95. The molecule has 0 aliphatic rings. The Morgan fingerprint density at radius 1 is 1.30 bits per heavy atom. The zero-order valence-electron chi connectivity index (χ0n) is 10.6. The van der Waals surface area contributed by atoms with Crippen LogP contribution in [0.25, 0.3) is 0 Å². The van der Waals surface area contributed by atoms with Crippen LogP contribution in [0.1, 0.15) is 10.4 Å². The third-order valence-electron chi connectivity index (χ3n) is 2.66. The largest absolute Gasteiger partial charge is 0.495 e. The van der Waals surface area contributed by atoms with E-state index >= 15 is 0 Å². The lowest BCUT2D eigenvalue weighted by atomic mass is 10.2. The van der Waals surface area contributed by atoms with Crippen LogP contribution in [0.4, 0.5) is 11.4 Å². The van der Waals surface area contributed by atoms with Gasteiger partial charge in [0.2, 0.25) is 0 Å². The second-order valence-corrected chi connectivity index (χ2v) is 5.36. The highest BCUT2D eigenvalue weighted by Crippen LogP contribution is 2.26. The van der Waals surface area contributed by atoms with E-state index in [4.69, 9.17) is 22.1 Å². The summed E-state index contributed by atoms with van der Waals surface area (Å²) >= 11 is 9.32. The third kappa shape index (κ3) is 3.23. The minimum Gasteiger partial charge on any atom is -0.495 e. The molecule has 0 aliphatic carbocycles. The van der Waals surface area contributed by atoms with Gasteiger partial charge in [0.15, 0.2) is 0 Å². The fourth-order valence-electron chi connectivity index (χ4n) is 1.68. The Morgan fingerprint density at radius 2 is 2.05 bits per heavy atom. The fraction of sp³-hybridized carbons (Fsp3) is 0.0714. The lowest BCUT2D eigenvalue weighted by Crippen LogP contribution is -2.12. The summed E-state index contributed by atoms with van der Waals surface area (Å²) < 4.78 is 5.84. The minimum atomic E-state index is -0.305. The molecule has 0 atom stereocenters. The van der Waals surface area contributed by atoms with E-state index in [1.165, 1.54) is 7.11 Å². The molecule has 4 nitrogen and oxygen atoms in total. The molecule has 3 N–H and O–H groups in total. The molecule has 1 amide bonds. The number of nitrogens with two attached hydrogens (primary N) is 1. The molecule has 0 unspecified atom stereocenters. The van der Waals surface area contributed by atoms with Gasteiger partial charge in [0, 0.05) is 10.2 Å². The molecule has 0 heterocycles. The SMILES string of the molecule is COc1ccc(NC(=O)c2cc(Br)ccc2Cl)cc1N. The Hall–Kier alpha value is -1.72. The summed E-state index contributed by atoms with van der Waals surface area (Å²) in [5.41, 5.74) is 7.20. The maximum atomic E-state index is 12.2. The molecule has 0 bridgehead atoms. The smallest absolute Gasteiger partial charge is 0.257 e. The average Bonchev–Trinajstić information content (AvgIpc) is 2.41. The quantitative estimate of drug-likeness (QED) is 0.820. The van der Waals surface area contributed by atoms with Crippen molar-refractivity contribution in [3.05, 3.63) is 51.5 Å². The molecular formula is C14H12BrClN2O2. The molecule has 0 saturated carbocycles. The normalized spacial score (nSPS) is 10.2. The monoisotopic (exact) mass is 354 g/mol. The van der Waals surface area contributed by atoms with Gasteiger partial charge in [0.1, 0.15) is 5.75 Å². The molecule has 6 heteroatoms. The van der Waals surface area contributed by atoms with Crippen LogP contribution in [0, 0.1) is 0 Å². The molecule has 20 heavy (non-hydrogen) atoms. The van der Waals surface area contributed by atoms with Crippen LogP contribution in [0.15, 0.2) is 40.9 Å². The van der Waals surface area contributed by atoms with Gasteiger partial charge in [0.25, 0.3) is 5.91 Å². The molecule has 0 aliphatic heterocycles. The van der Waals surface area contributed by atoms with E-state index in [1.807, 2.05) is 0 Å². The van der Waals surface area contributed by atoms with Crippen LogP contribution in [0.3, 0.4) is 0 Å². The Labute approximate surface area is 130 Å². The van der Waals surface area contributed by atoms with Gasteiger partial charge in [-0.3, -0.25) is 4.79 Å². The lowest BCUT2D eigenvalue weighted by Gasteiger charge is -2.10. The van der Waals surface area contributed by atoms with E-state index in [0.717, 1.165) is 4.47 Å². The number of halogens is 2. The van der Waals surface area contributed by atoms with E-state index < -0.39 is 0 Å². The van der Waals surface area contributed by atoms with Crippen molar-refractivity contribution in [3.63, 3.8) is 0 Å². The van der Waals surface area contributed by atoms with Crippen LogP contribution < -0.4 is 15.8 Å². The molecule has 0 aromatic heterocycles. The fourth-order valence-corrected chi connectivity index (χ4v) is 2.25. The molecule has 2 aromatic carbocycles. The molecule has 2 rings (SSSR count). The van der Waals surface area contributed by atoms with Crippen molar-refractivity contribution < 1.29 is 9.53 Å². The average molecular weight is 356 g/mol. The highest BCUT2D eigenvalue weighted by molar-refractivity contribution is 9.10. The highest BCUT2D eigenvalue weighted by Gasteiger charge is 2.12. The van der Waals surface area contributed by atoms with Gasteiger partial charge in [-0.05, 0) is 36.4 Å². The van der Waals surface area contributed by atoms with Crippen molar-refractivity contribution in [2.24, 2.45) is 0 Å². The second-order valence-electron chi connectivity index (χ2n) is 4.04. The molecule has 0 spiro atoms. The number of ether oxygens (including phenoxy) is 1. The number of hydrogen-bond acceptors (Lipinski definition) is 3. The topological polar surface area (TPSA) is 64.3 Å². The number of amides is 1. The predicted molar refractivity (Wildman–Crippen MR) is 84.5 cm³/mol. The Kier molecular flexibility index (Phi) is 4.52. The summed E-state index contributed by atoms with van der Waals surface area (Å²) in [6, 6.07) is 10.1. The van der Waals surface area contributed by atoms with Gasteiger partial charge in [-0.1, -0.05) is 27.5 Å². The minimum absolute atomic E-state index is 0.305. The zero-order chi connectivity index (χ0) is 14.7. The molecule has 0 saturated heterocycles. The highest BCUT2D eigenvalue weighted by atomic mass is 79.9. The number of methoxy groups -OCH3 is 1. The second kappa shape index (κ2) is 6.15. The molecule has 2 aromatic rings. The summed E-state index contributed by atoms with van der Waals surface area (Å²) in [4.78, 5) is 12.2. The molecular weight excluding hydrogens is 344 g/mol. The first-order valence-corrected chi connectivity index (χ1v) is 6.88. The first-order valence-electron chi connectivity index (χ1n) is 5.71. The number of rotatable bonds is 3. The van der Waals surface area contributed by atoms with E-state index in [2.05, 4.69) is 21.2 Å². The standard InChI is InChI=1S/C14H12BrClN2O2/c1-20-13-5-3-9(7-12(13)17)18-14(19)10-6-8(15)2-4-11(10)16/h2-7H,17H2,1H3,(H,18,19). The van der Waals surface area contributed by atoms with E-state index in [9.17, 15) is 4.79 Å². The number of anilines is 2. The van der Waals surface area contributed by atoms with Gasteiger partial charge in [0.05, 0.1) is 23.4 Å². The lowest BCUT2D eigenvalue weighted by molar-refractivity contribution is 0.102. The van der Waals surface area contributed by atoms with E-state index in [0.29, 0.717) is 27.7 Å². The van der Waals surface area contributed by atoms with Crippen molar-refractivity contribution >= 4 is 44.8 Å². The first kappa shape index (κ1) is 14.7. The van der Waals surface area contributed by atoms with Gasteiger partial charge in [-0.2, -0.15) is 0 Å². The summed E-state index contributed by atoms with van der Waals surface area (Å²) in [5, 5.41) is 3.12. The number of hydrogen-bond donors (Lipinski definition) is 2. The van der Waals surface area contributed by atoms with Crippen molar-refractivity contribution in [1.82, 2.24) is 0 Å². The van der Waals surface area contributed by atoms with Gasteiger partial charge >= 0.3 is 0 Å². The number of benzene rings is 2. The Morgan fingerprint density at radius 3 is 2.70 bits per heavy atom. The van der Waals surface area contributed by atoms with Crippen molar-refractivity contribution in [3.8, 4) is 5.75 Å². The molecule has 104 valence electrons. The van der Waals surface area contributed by atoms with Crippen LogP contribution in [-0.4, -0.2) is 13.0 Å². The maximum absolute atomic E-state index is 12.2. The molecule has 0 fully saturated rings. The summed E-state index contributed by atoms with van der Waals surface area (Å²) in [6.45, 7) is 0. The van der Waals surface area contributed by atoms with Gasteiger partial charge in [-0.25, -0.2) is 0 Å². The maximum Gasteiger partial charge on any atom is 0.257 e. The first-order chi connectivity index (χ1) is 9.51. The van der Waals surface area contributed by atoms with Gasteiger partial charge < -0.3 is 15.8 Å².